The molecule has 0 aliphatic heterocycles. The molecule has 0 heterocycles. The van der Waals surface area contributed by atoms with Crippen molar-refractivity contribution in [2.24, 2.45) is 0 Å². The number of rotatable bonds is 8. The second-order valence-corrected chi connectivity index (χ2v) is 7.17. The molecular formula is C22H28N4O3. The van der Waals surface area contributed by atoms with Gasteiger partial charge in [0.2, 0.25) is 11.8 Å². The third-order valence-electron chi connectivity index (χ3n) is 4.33. The number of hydrogen-bond acceptors (Lipinski definition) is 4. The zero-order chi connectivity index (χ0) is 21.4. The first kappa shape index (κ1) is 21.9. The number of carbonyl (C=O) groups excluding carboxylic acids is 3. The third-order valence-corrected chi connectivity index (χ3v) is 4.33. The van der Waals surface area contributed by atoms with Gasteiger partial charge in [0, 0.05) is 51.5 Å². The Morgan fingerprint density at radius 2 is 1.55 bits per heavy atom. The highest BCUT2D eigenvalue weighted by atomic mass is 16.2. The number of nitrogens with one attached hydrogen (secondary N) is 2. The van der Waals surface area contributed by atoms with Crippen LogP contribution in [0.1, 0.15) is 22.3 Å². The number of anilines is 2. The quantitative estimate of drug-likeness (QED) is 0.718. The van der Waals surface area contributed by atoms with Crippen molar-refractivity contribution < 1.29 is 14.4 Å². The summed E-state index contributed by atoms with van der Waals surface area (Å²) in [6, 6.07) is 14.5. The lowest BCUT2D eigenvalue weighted by molar-refractivity contribution is -0.128. The predicted molar refractivity (Wildman–Crippen MR) is 115 cm³/mol. The fourth-order valence-electron chi connectivity index (χ4n) is 2.66. The van der Waals surface area contributed by atoms with Crippen molar-refractivity contribution in [1.29, 1.82) is 0 Å². The standard InChI is InChI=1S/C22H28N4O3/c1-25(2)21(28)13-8-16-6-5-7-19(14-16)24-20(27)15-23-18-11-9-17(10-12-18)22(29)26(3)4/h5-7,9-12,14,23H,8,13,15H2,1-4H3,(H,24,27). The average Bonchev–Trinajstić information content (AvgIpc) is 2.70. The Hall–Kier alpha value is -3.35. The number of amides is 3. The van der Waals surface area contributed by atoms with Gasteiger partial charge >= 0.3 is 0 Å². The Kier molecular flexibility index (Phi) is 7.77. The van der Waals surface area contributed by atoms with E-state index in [1.165, 1.54) is 4.90 Å². The first-order valence-corrected chi connectivity index (χ1v) is 9.41. The van der Waals surface area contributed by atoms with E-state index in [9.17, 15) is 14.4 Å². The maximum atomic E-state index is 12.2. The van der Waals surface area contributed by atoms with Crippen LogP contribution in [0, 0.1) is 0 Å². The summed E-state index contributed by atoms with van der Waals surface area (Å²) in [5.41, 5.74) is 3.03. The van der Waals surface area contributed by atoms with Gasteiger partial charge < -0.3 is 20.4 Å². The molecule has 29 heavy (non-hydrogen) atoms. The number of hydrogen-bond donors (Lipinski definition) is 2. The van der Waals surface area contributed by atoms with E-state index in [4.69, 9.17) is 0 Å². The van der Waals surface area contributed by atoms with Crippen LogP contribution in [0.25, 0.3) is 0 Å². The lowest BCUT2D eigenvalue weighted by Crippen LogP contribution is -2.23. The van der Waals surface area contributed by atoms with Crippen molar-refractivity contribution in [3.05, 3.63) is 59.7 Å². The maximum absolute atomic E-state index is 12.2. The van der Waals surface area contributed by atoms with E-state index in [1.807, 2.05) is 24.3 Å². The van der Waals surface area contributed by atoms with Gasteiger partial charge in [-0.05, 0) is 48.4 Å². The Morgan fingerprint density at radius 1 is 0.862 bits per heavy atom. The summed E-state index contributed by atoms with van der Waals surface area (Å²) in [6.07, 6.45) is 1.05. The van der Waals surface area contributed by atoms with Gasteiger partial charge in [-0.1, -0.05) is 12.1 Å². The first-order chi connectivity index (χ1) is 13.8. The zero-order valence-electron chi connectivity index (χ0n) is 17.4. The number of carbonyl (C=O) groups is 3. The van der Waals surface area contributed by atoms with E-state index in [0.29, 0.717) is 24.1 Å². The Morgan fingerprint density at radius 3 is 2.17 bits per heavy atom. The molecule has 7 nitrogen and oxygen atoms in total. The van der Waals surface area contributed by atoms with E-state index in [2.05, 4.69) is 10.6 Å². The molecule has 2 rings (SSSR count). The molecule has 2 N–H and O–H groups in total. The molecule has 0 saturated heterocycles. The van der Waals surface area contributed by atoms with Gasteiger partial charge in [0.05, 0.1) is 6.54 Å². The smallest absolute Gasteiger partial charge is 0.253 e. The van der Waals surface area contributed by atoms with Crippen molar-refractivity contribution in [2.75, 3.05) is 45.4 Å². The molecule has 0 aliphatic carbocycles. The van der Waals surface area contributed by atoms with Gasteiger partial charge in [0.15, 0.2) is 0 Å². The van der Waals surface area contributed by atoms with Gasteiger partial charge in [-0.25, -0.2) is 0 Å². The predicted octanol–water partition coefficient (Wildman–Crippen LogP) is 2.46. The largest absolute Gasteiger partial charge is 0.376 e. The van der Waals surface area contributed by atoms with Crippen LogP contribution in [0.4, 0.5) is 11.4 Å². The molecule has 0 atom stereocenters. The monoisotopic (exact) mass is 396 g/mol. The average molecular weight is 396 g/mol. The topological polar surface area (TPSA) is 81.8 Å². The third kappa shape index (κ3) is 6.95. The fourth-order valence-corrected chi connectivity index (χ4v) is 2.66. The van der Waals surface area contributed by atoms with Crippen molar-refractivity contribution in [2.45, 2.75) is 12.8 Å². The molecule has 2 aromatic rings. The number of aryl methyl sites for hydroxylation is 1. The molecule has 0 saturated carbocycles. The minimum Gasteiger partial charge on any atom is -0.376 e. The van der Waals surface area contributed by atoms with E-state index < -0.39 is 0 Å². The van der Waals surface area contributed by atoms with E-state index >= 15 is 0 Å². The summed E-state index contributed by atoms with van der Waals surface area (Å²) in [4.78, 5) is 38.9. The molecule has 154 valence electrons. The van der Waals surface area contributed by atoms with E-state index in [1.54, 1.807) is 57.4 Å². The fraction of sp³-hybridized carbons (Fsp3) is 0.318. The van der Waals surface area contributed by atoms with Crippen LogP contribution in [-0.2, 0) is 16.0 Å². The Labute approximate surface area is 171 Å². The second-order valence-electron chi connectivity index (χ2n) is 7.17. The maximum Gasteiger partial charge on any atom is 0.253 e. The first-order valence-electron chi connectivity index (χ1n) is 9.41. The van der Waals surface area contributed by atoms with Crippen molar-refractivity contribution in [3.8, 4) is 0 Å². The van der Waals surface area contributed by atoms with Crippen LogP contribution in [0.5, 0.6) is 0 Å². The van der Waals surface area contributed by atoms with Gasteiger partial charge in [-0.2, -0.15) is 0 Å². The Balaban J connectivity index is 1.85. The van der Waals surface area contributed by atoms with Crippen LogP contribution in [0.15, 0.2) is 48.5 Å². The summed E-state index contributed by atoms with van der Waals surface area (Å²) in [7, 11) is 6.88. The lowest BCUT2D eigenvalue weighted by Gasteiger charge is -2.12. The highest BCUT2D eigenvalue weighted by Crippen LogP contribution is 2.14. The zero-order valence-corrected chi connectivity index (χ0v) is 17.4. The number of benzene rings is 2. The lowest BCUT2D eigenvalue weighted by atomic mass is 10.1. The van der Waals surface area contributed by atoms with Crippen molar-refractivity contribution >= 4 is 29.1 Å². The highest BCUT2D eigenvalue weighted by Gasteiger charge is 2.09. The normalized spacial score (nSPS) is 10.2. The summed E-state index contributed by atoms with van der Waals surface area (Å²) in [6.45, 7) is 0.102. The molecule has 0 aromatic heterocycles. The van der Waals surface area contributed by atoms with E-state index in [-0.39, 0.29) is 24.3 Å². The van der Waals surface area contributed by atoms with Crippen LogP contribution in [-0.4, -0.2) is 62.3 Å². The van der Waals surface area contributed by atoms with Gasteiger partial charge in [0.25, 0.3) is 5.91 Å². The molecular weight excluding hydrogens is 368 g/mol. The molecule has 0 fully saturated rings. The van der Waals surface area contributed by atoms with Gasteiger partial charge in [-0.15, -0.1) is 0 Å². The van der Waals surface area contributed by atoms with Crippen molar-refractivity contribution in [3.63, 3.8) is 0 Å². The summed E-state index contributed by atoms with van der Waals surface area (Å²) in [5.74, 6) is -0.177. The van der Waals surface area contributed by atoms with E-state index in [0.717, 1.165) is 11.3 Å². The molecule has 7 heteroatoms. The molecule has 0 unspecified atom stereocenters. The SMILES string of the molecule is CN(C)C(=O)CCc1cccc(NC(=O)CNc2ccc(C(=O)N(C)C)cc2)c1. The van der Waals surface area contributed by atoms with Crippen LogP contribution in [0.2, 0.25) is 0 Å². The summed E-state index contributed by atoms with van der Waals surface area (Å²) in [5, 5.41) is 5.89. The molecule has 0 aliphatic rings. The van der Waals surface area contributed by atoms with Gasteiger partial charge in [0.1, 0.15) is 0 Å². The minimum absolute atomic E-state index is 0.0681. The molecule has 0 bridgehead atoms. The molecule has 2 aromatic carbocycles. The van der Waals surface area contributed by atoms with Crippen LogP contribution in [0.3, 0.4) is 0 Å². The Bertz CT molecular complexity index is 861. The van der Waals surface area contributed by atoms with Crippen molar-refractivity contribution in [1.82, 2.24) is 9.80 Å². The number of nitrogens with zero attached hydrogens (tertiary/aromatic N) is 2. The molecule has 3 amide bonds. The van der Waals surface area contributed by atoms with Crippen LogP contribution < -0.4 is 10.6 Å². The second kappa shape index (κ2) is 10.3. The van der Waals surface area contributed by atoms with Gasteiger partial charge in [-0.3, -0.25) is 14.4 Å². The summed E-state index contributed by atoms with van der Waals surface area (Å²) >= 11 is 0. The molecule has 0 radical (unpaired) electrons. The summed E-state index contributed by atoms with van der Waals surface area (Å²) < 4.78 is 0. The highest BCUT2D eigenvalue weighted by molar-refractivity contribution is 5.95. The minimum atomic E-state index is -0.181. The van der Waals surface area contributed by atoms with Crippen LogP contribution >= 0.6 is 0 Å². The molecule has 0 spiro atoms.